The second-order valence-corrected chi connectivity index (χ2v) is 8.10. The topological polar surface area (TPSA) is 82.1 Å². The fourth-order valence-electron chi connectivity index (χ4n) is 2.85. The lowest BCUT2D eigenvalue weighted by atomic mass is 10.1. The van der Waals surface area contributed by atoms with E-state index in [-0.39, 0.29) is 21.9 Å². The number of anilines is 1. The fourth-order valence-corrected chi connectivity index (χ4v) is 3.67. The van der Waals surface area contributed by atoms with E-state index in [2.05, 4.69) is 5.32 Å². The molecule has 0 amide bonds. The highest BCUT2D eigenvalue weighted by Gasteiger charge is 2.20. The molecule has 0 saturated heterocycles. The Morgan fingerprint density at radius 1 is 1.12 bits per heavy atom. The summed E-state index contributed by atoms with van der Waals surface area (Å²) in [6, 6.07) is 15.1. The number of hydrogen-bond acceptors (Lipinski definition) is 5. The third-order valence-electron chi connectivity index (χ3n) is 4.31. The molecule has 3 aromatic rings. The first-order chi connectivity index (χ1) is 15.2. The number of nitrogens with one attached hydrogen (secondary N) is 1. The number of benzene rings is 2. The van der Waals surface area contributed by atoms with Crippen LogP contribution in [0.4, 0.5) is 20.2 Å². The van der Waals surface area contributed by atoms with Crippen LogP contribution in [0.1, 0.15) is 11.1 Å². The molecule has 1 N–H and O–H groups in total. The SMILES string of the molecule is Cc1ccc[n+](/C(C(=S)Nc2ccc(SC(F)F)cc2)=C(/[O-])c2ccc([N+](=O)[O-])cc2)c1. The van der Waals surface area contributed by atoms with Gasteiger partial charge in [-0.25, -0.2) is 0 Å². The maximum Gasteiger partial charge on any atom is 0.288 e. The molecule has 0 radical (unpaired) electrons. The molecule has 2 aromatic carbocycles. The predicted octanol–water partition coefficient (Wildman–Crippen LogP) is 4.63. The summed E-state index contributed by atoms with van der Waals surface area (Å²) in [4.78, 5) is 10.9. The molecular weight excluding hydrogens is 456 g/mol. The lowest BCUT2D eigenvalue weighted by Crippen LogP contribution is -2.40. The smallest absolute Gasteiger partial charge is 0.288 e. The van der Waals surface area contributed by atoms with E-state index < -0.39 is 16.4 Å². The van der Waals surface area contributed by atoms with Crippen LogP contribution in [0.25, 0.3) is 11.5 Å². The minimum absolute atomic E-state index is 0.109. The molecule has 0 atom stereocenters. The Hall–Kier alpha value is -3.37. The van der Waals surface area contributed by atoms with Crippen LogP contribution >= 0.6 is 24.0 Å². The quantitative estimate of drug-likeness (QED) is 0.102. The molecule has 1 heterocycles. The third-order valence-corrected chi connectivity index (χ3v) is 5.33. The summed E-state index contributed by atoms with van der Waals surface area (Å²) < 4.78 is 26.6. The number of nitro groups is 1. The van der Waals surface area contributed by atoms with Crippen molar-refractivity contribution in [2.24, 2.45) is 0 Å². The van der Waals surface area contributed by atoms with Crippen molar-refractivity contribution in [3.8, 4) is 0 Å². The minimum Gasteiger partial charge on any atom is -0.867 e. The monoisotopic (exact) mass is 473 g/mol. The summed E-state index contributed by atoms with van der Waals surface area (Å²) in [6.45, 7) is 1.86. The van der Waals surface area contributed by atoms with Gasteiger partial charge in [0.15, 0.2) is 17.4 Å². The van der Waals surface area contributed by atoms with Crippen LogP contribution in [0.5, 0.6) is 0 Å². The standard InChI is InChI=1S/C22H17F2N3O3S2/c1-14-3-2-12-26(13-14)19(20(28)15-4-8-17(9-5-15)27(29)30)21(31)25-16-6-10-18(11-7-16)32-22(23)24/h2-13,22H,1H3,(H-,25,28,31). The molecule has 0 fully saturated rings. The van der Waals surface area contributed by atoms with Crippen LogP contribution in [0.3, 0.4) is 0 Å². The maximum atomic E-state index is 13.3. The van der Waals surface area contributed by atoms with Gasteiger partial charge < -0.3 is 10.4 Å². The van der Waals surface area contributed by atoms with Crippen molar-refractivity contribution >= 4 is 51.8 Å². The molecule has 164 valence electrons. The molecule has 0 aliphatic carbocycles. The van der Waals surface area contributed by atoms with Gasteiger partial charge in [0, 0.05) is 34.3 Å². The van der Waals surface area contributed by atoms with E-state index in [0.717, 1.165) is 5.56 Å². The molecule has 1 aromatic heterocycles. The third kappa shape index (κ3) is 5.86. The second-order valence-electron chi connectivity index (χ2n) is 6.63. The number of halogens is 2. The number of nitrogens with zero attached hydrogens (tertiary/aromatic N) is 2. The van der Waals surface area contributed by atoms with Gasteiger partial charge in [-0.2, -0.15) is 13.3 Å². The van der Waals surface area contributed by atoms with E-state index in [1.165, 1.54) is 36.4 Å². The highest BCUT2D eigenvalue weighted by molar-refractivity contribution is 7.99. The van der Waals surface area contributed by atoms with Gasteiger partial charge >= 0.3 is 0 Å². The van der Waals surface area contributed by atoms with Gasteiger partial charge in [-0.1, -0.05) is 24.0 Å². The van der Waals surface area contributed by atoms with Gasteiger partial charge in [0.1, 0.15) is 0 Å². The van der Waals surface area contributed by atoms with Gasteiger partial charge in [-0.3, -0.25) is 10.1 Å². The fraction of sp³-hybridized carbons (Fsp3) is 0.0909. The highest BCUT2D eigenvalue weighted by Crippen LogP contribution is 2.26. The van der Waals surface area contributed by atoms with Gasteiger partial charge in [0.2, 0.25) is 5.70 Å². The van der Waals surface area contributed by atoms with Crippen LogP contribution in [-0.2, 0) is 0 Å². The molecule has 0 saturated carbocycles. The van der Waals surface area contributed by atoms with Crippen molar-refractivity contribution in [3.05, 3.63) is 94.3 Å². The molecule has 0 bridgehead atoms. The van der Waals surface area contributed by atoms with Crippen LogP contribution in [-0.4, -0.2) is 15.7 Å². The molecule has 6 nitrogen and oxygen atoms in total. The summed E-state index contributed by atoms with van der Waals surface area (Å²) in [5, 5.41) is 27.2. The Morgan fingerprint density at radius 2 is 1.78 bits per heavy atom. The number of nitro benzene ring substituents is 1. The largest absolute Gasteiger partial charge is 0.867 e. The molecule has 10 heteroatoms. The summed E-state index contributed by atoms with van der Waals surface area (Å²) in [6.07, 6.45) is 3.40. The summed E-state index contributed by atoms with van der Waals surface area (Å²) in [5.74, 6) is -2.95. The van der Waals surface area contributed by atoms with E-state index in [1.807, 2.05) is 13.0 Å². The van der Waals surface area contributed by atoms with Crippen LogP contribution in [0, 0.1) is 17.0 Å². The normalized spacial score (nSPS) is 11.8. The highest BCUT2D eigenvalue weighted by atomic mass is 32.2. The van der Waals surface area contributed by atoms with Crippen molar-refractivity contribution in [2.45, 2.75) is 17.6 Å². The Kier molecular flexibility index (Phi) is 7.49. The van der Waals surface area contributed by atoms with Crippen LogP contribution < -0.4 is 15.0 Å². The average Bonchev–Trinajstić information content (AvgIpc) is 2.75. The molecule has 32 heavy (non-hydrogen) atoms. The summed E-state index contributed by atoms with van der Waals surface area (Å²) >= 11 is 5.94. The Bertz CT molecular complexity index is 1170. The van der Waals surface area contributed by atoms with Crippen molar-refractivity contribution in [3.63, 3.8) is 0 Å². The minimum atomic E-state index is -2.52. The Morgan fingerprint density at radius 3 is 2.34 bits per heavy atom. The summed E-state index contributed by atoms with van der Waals surface area (Å²) in [7, 11) is 0. The number of aromatic nitrogens is 1. The number of alkyl halides is 2. The van der Waals surface area contributed by atoms with Crippen molar-refractivity contribution in [1.82, 2.24) is 0 Å². The molecule has 0 aliphatic heterocycles. The van der Waals surface area contributed by atoms with E-state index in [4.69, 9.17) is 12.2 Å². The van der Waals surface area contributed by atoms with Gasteiger partial charge in [-0.15, -0.1) is 0 Å². The zero-order valence-corrected chi connectivity index (χ0v) is 18.3. The zero-order chi connectivity index (χ0) is 23.3. The average molecular weight is 474 g/mol. The number of thioether (sulfide) groups is 1. The van der Waals surface area contributed by atoms with E-state index >= 15 is 0 Å². The first-order valence-corrected chi connectivity index (χ1v) is 10.5. The molecule has 0 unspecified atom stereocenters. The van der Waals surface area contributed by atoms with Crippen LogP contribution in [0.15, 0.2) is 78.0 Å². The molecule has 0 aliphatic rings. The Balaban J connectivity index is 1.98. The summed E-state index contributed by atoms with van der Waals surface area (Å²) in [5.41, 5.74) is 1.65. The number of aryl methyl sites for hydroxylation is 1. The van der Waals surface area contributed by atoms with Crippen molar-refractivity contribution < 1.29 is 23.4 Å². The zero-order valence-electron chi connectivity index (χ0n) is 16.7. The van der Waals surface area contributed by atoms with E-state index in [0.29, 0.717) is 22.3 Å². The van der Waals surface area contributed by atoms with Gasteiger partial charge in [0.25, 0.3) is 11.4 Å². The van der Waals surface area contributed by atoms with E-state index in [9.17, 15) is 24.0 Å². The van der Waals surface area contributed by atoms with Gasteiger partial charge in [0.05, 0.1) is 4.92 Å². The molecule has 3 rings (SSSR count). The first-order valence-electron chi connectivity index (χ1n) is 9.25. The molecule has 0 spiro atoms. The predicted molar refractivity (Wildman–Crippen MR) is 122 cm³/mol. The first kappa shape index (κ1) is 23.3. The van der Waals surface area contributed by atoms with E-state index in [1.54, 1.807) is 35.2 Å². The van der Waals surface area contributed by atoms with Crippen molar-refractivity contribution in [2.75, 3.05) is 5.32 Å². The van der Waals surface area contributed by atoms with Crippen molar-refractivity contribution in [1.29, 1.82) is 0 Å². The maximum absolute atomic E-state index is 13.3. The number of hydrogen-bond donors (Lipinski definition) is 1. The number of thiocarbonyl (C=S) groups is 1. The van der Waals surface area contributed by atoms with Crippen LogP contribution in [0.2, 0.25) is 0 Å². The number of pyridine rings is 1. The lowest BCUT2D eigenvalue weighted by molar-refractivity contribution is -0.578. The Labute approximate surface area is 192 Å². The lowest BCUT2D eigenvalue weighted by Gasteiger charge is -2.17. The second kappa shape index (κ2) is 10.3. The number of non-ortho nitro benzene ring substituents is 1. The number of rotatable bonds is 7. The molecular formula is C22H17F2N3O3S2. The van der Waals surface area contributed by atoms with Gasteiger partial charge in [-0.05, 0) is 60.7 Å².